The predicted octanol–water partition coefficient (Wildman–Crippen LogP) is 4.64. The third-order valence-electron chi connectivity index (χ3n) is 4.05. The lowest BCUT2D eigenvalue weighted by atomic mass is 10.0. The summed E-state index contributed by atoms with van der Waals surface area (Å²) in [5.41, 5.74) is 5.96. The molecule has 0 aromatic carbocycles. The lowest BCUT2D eigenvalue weighted by Crippen LogP contribution is -2.19. The zero-order valence-corrected chi connectivity index (χ0v) is 14.9. The number of fused-ring (bicyclic) bond motifs is 1. The fraction of sp³-hybridized carbons (Fsp3) is 0.167. The highest BCUT2D eigenvalue weighted by Crippen LogP contribution is 2.38. The number of pyridine rings is 2. The molecule has 1 aliphatic rings. The van der Waals surface area contributed by atoms with Gasteiger partial charge < -0.3 is 4.31 Å². The molecule has 4 rings (SSSR count). The molecule has 0 amide bonds. The normalized spacial score (nSPS) is 13.9. The fourth-order valence-electron chi connectivity index (χ4n) is 2.77. The SMILES string of the molecule is C=C1CCN(S)c2ccc(-c3sc(-c4cccnc4)nc3C)nc21. The van der Waals surface area contributed by atoms with Crippen molar-refractivity contribution in [3.8, 4) is 21.1 Å². The van der Waals surface area contributed by atoms with E-state index in [-0.39, 0.29) is 0 Å². The van der Waals surface area contributed by atoms with Crippen molar-refractivity contribution in [3.05, 3.63) is 54.6 Å². The second kappa shape index (κ2) is 6.03. The Labute approximate surface area is 150 Å². The van der Waals surface area contributed by atoms with Crippen molar-refractivity contribution in [1.29, 1.82) is 0 Å². The van der Waals surface area contributed by atoms with E-state index in [1.54, 1.807) is 17.5 Å². The van der Waals surface area contributed by atoms with Crippen LogP contribution in [0.5, 0.6) is 0 Å². The topological polar surface area (TPSA) is 41.9 Å². The number of hydrogen-bond acceptors (Lipinski definition) is 6. The van der Waals surface area contributed by atoms with Crippen LogP contribution in [0.1, 0.15) is 17.8 Å². The van der Waals surface area contributed by atoms with Crippen LogP contribution in [0.2, 0.25) is 0 Å². The number of rotatable bonds is 2. The summed E-state index contributed by atoms with van der Waals surface area (Å²) in [5.74, 6) is 0. The Morgan fingerprint density at radius 2 is 2.12 bits per heavy atom. The third kappa shape index (κ3) is 2.61. The first-order valence-electron chi connectivity index (χ1n) is 7.67. The van der Waals surface area contributed by atoms with Gasteiger partial charge in [-0.25, -0.2) is 9.97 Å². The number of thiazole rings is 1. The molecule has 6 heteroatoms. The van der Waals surface area contributed by atoms with Gasteiger partial charge in [-0.3, -0.25) is 4.98 Å². The van der Waals surface area contributed by atoms with Crippen molar-refractivity contribution in [1.82, 2.24) is 15.0 Å². The third-order valence-corrected chi connectivity index (χ3v) is 5.69. The van der Waals surface area contributed by atoms with Gasteiger partial charge in [0, 0.05) is 24.5 Å². The molecular weight excluding hydrogens is 336 g/mol. The molecule has 24 heavy (non-hydrogen) atoms. The largest absolute Gasteiger partial charge is 0.316 e. The summed E-state index contributed by atoms with van der Waals surface area (Å²) >= 11 is 6.15. The molecule has 3 aromatic heterocycles. The van der Waals surface area contributed by atoms with Crippen molar-refractivity contribution in [2.75, 3.05) is 10.8 Å². The van der Waals surface area contributed by atoms with Gasteiger partial charge in [0.25, 0.3) is 0 Å². The zero-order valence-electron chi connectivity index (χ0n) is 13.2. The Morgan fingerprint density at radius 3 is 2.92 bits per heavy atom. The minimum absolute atomic E-state index is 0.862. The lowest BCUT2D eigenvalue weighted by molar-refractivity contribution is 0.968. The molecule has 0 fully saturated rings. The van der Waals surface area contributed by atoms with Gasteiger partial charge in [-0.2, -0.15) is 0 Å². The molecule has 0 unspecified atom stereocenters. The molecule has 1 aliphatic heterocycles. The summed E-state index contributed by atoms with van der Waals surface area (Å²) in [6.07, 6.45) is 4.49. The first-order valence-corrected chi connectivity index (χ1v) is 8.89. The molecule has 0 aliphatic carbocycles. The molecular formula is C18H16N4S2. The van der Waals surface area contributed by atoms with Gasteiger partial charge in [0.1, 0.15) is 5.01 Å². The van der Waals surface area contributed by atoms with E-state index in [9.17, 15) is 0 Å². The van der Waals surface area contributed by atoms with E-state index in [1.807, 2.05) is 35.6 Å². The minimum Gasteiger partial charge on any atom is -0.316 e. The van der Waals surface area contributed by atoms with E-state index in [2.05, 4.69) is 30.4 Å². The van der Waals surface area contributed by atoms with Crippen LogP contribution in [0.25, 0.3) is 26.7 Å². The second-order valence-corrected chi connectivity index (χ2v) is 7.20. The smallest absolute Gasteiger partial charge is 0.125 e. The monoisotopic (exact) mass is 352 g/mol. The van der Waals surface area contributed by atoms with Crippen LogP contribution >= 0.6 is 24.2 Å². The van der Waals surface area contributed by atoms with E-state index in [4.69, 9.17) is 9.97 Å². The molecule has 4 nitrogen and oxygen atoms in total. The van der Waals surface area contributed by atoms with Gasteiger partial charge in [0.2, 0.25) is 0 Å². The number of anilines is 1. The standard InChI is InChI=1S/C18H16N4S2/c1-11-7-9-22(23)15-6-5-14(21-16(11)15)17-12(2)20-18(24-17)13-4-3-8-19-10-13/h3-6,8,10,23H,1,7,9H2,2H3. The Morgan fingerprint density at radius 1 is 1.25 bits per heavy atom. The number of nitrogens with zero attached hydrogens (tertiary/aromatic N) is 4. The van der Waals surface area contributed by atoms with Crippen LogP contribution < -0.4 is 4.31 Å². The number of aryl methyl sites for hydroxylation is 1. The van der Waals surface area contributed by atoms with Gasteiger partial charge >= 0.3 is 0 Å². The summed E-state index contributed by atoms with van der Waals surface area (Å²) in [6, 6.07) is 8.05. The Kier molecular flexibility index (Phi) is 3.86. The summed E-state index contributed by atoms with van der Waals surface area (Å²) in [7, 11) is 0. The highest BCUT2D eigenvalue weighted by atomic mass is 32.1. The van der Waals surface area contributed by atoms with Crippen LogP contribution in [0, 0.1) is 6.92 Å². The van der Waals surface area contributed by atoms with Gasteiger partial charge in [0.15, 0.2) is 0 Å². The average Bonchev–Trinajstić information content (AvgIpc) is 3.01. The van der Waals surface area contributed by atoms with E-state index < -0.39 is 0 Å². The maximum absolute atomic E-state index is 4.85. The quantitative estimate of drug-likeness (QED) is 0.682. The average molecular weight is 352 g/mol. The van der Waals surface area contributed by atoms with Crippen molar-refractivity contribution in [2.45, 2.75) is 13.3 Å². The van der Waals surface area contributed by atoms with E-state index in [1.165, 1.54) is 0 Å². The van der Waals surface area contributed by atoms with Crippen LogP contribution in [-0.4, -0.2) is 21.5 Å². The van der Waals surface area contributed by atoms with E-state index in [0.29, 0.717) is 0 Å². The second-order valence-electron chi connectivity index (χ2n) is 5.72. The highest BCUT2D eigenvalue weighted by molar-refractivity contribution is 7.81. The van der Waals surface area contributed by atoms with E-state index >= 15 is 0 Å². The fourth-order valence-corrected chi connectivity index (χ4v) is 4.06. The van der Waals surface area contributed by atoms with Crippen LogP contribution in [0.15, 0.2) is 43.2 Å². The predicted molar refractivity (Wildman–Crippen MR) is 103 cm³/mol. The number of hydrogen-bond donors (Lipinski definition) is 1. The van der Waals surface area contributed by atoms with Crippen molar-refractivity contribution < 1.29 is 0 Å². The molecule has 120 valence electrons. The van der Waals surface area contributed by atoms with Crippen molar-refractivity contribution >= 4 is 35.4 Å². The first-order chi connectivity index (χ1) is 11.6. The summed E-state index contributed by atoms with van der Waals surface area (Å²) in [5, 5.41) is 0.963. The van der Waals surface area contributed by atoms with Crippen molar-refractivity contribution in [2.24, 2.45) is 0 Å². The lowest BCUT2D eigenvalue weighted by Gasteiger charge is -2.26. The highest BCUT2D eigenvalue weighted by Gasteiger charge is 2.21. The van der Waals surface area contributed by atoms with Gasteiger partial charge in [-0.1, -0.05) is 19.4 Å². The van der Waals surface area contributed by atoms with Gasteiger partial charge in [0.05, 0.1) is 27.6 Å². The van der Waals surface area contributed by atoms with Crippen molar-refractivity contribution in [3.63, 3.8) is 0 Å². The summed E-state index contributed by atoms with van der Waals surface area (Å²) in [4.78, 5) is 14.8. The molecule has 3 aromatic rings. The van der Waals surface area contributed by atoms with Gasteiger partial charge in [-0.05, 0) is 43.2 Å². The molecule has 0 radical (unpaired) electrons. The first kappa shape index (κ1) is 15.4. The number of aromatic nitrogens is 3. The molecule has 0 saturated heterocycles. The Balaban J connectivity index is 1.79. The maximum Gasteiger partial charge on any atom is 0.125 e. The Bertz CT molecular complexity index is 918. The number of thiol groups is 1. The maximum atomic E-state index is 4.85. The molecule has 0 N–H and O–H groups in total. The van der Waals surface area contributed by atoms with Crippen LogP contribution in [0.3, 0.4) is 0 Å². The van der Waals surface area contributed by atoms with Crippen LogP contribution in [0.4, 0.5) is 5.69 Å². The Hall–Kier alpha value is -2.18. The minimum atomic E-state index is 0.862. The van der Waals surface area contributed by atoms with Gasteiger partial charge in [-0.15, -0.1) is 11.3 Å². The zero-order chi connectivity index (χ0) is 16.7. The molecule has 4 heterocycles. The summed E-state index contributed by atoms with van der Waals surface area (Å²) < 4.78 is 1.93. The molecule has 0 saturated carbocycles. The molecule has 0 spiro atoms. The van der Waals surface area contributed by atoms with Crippen LogP contribution in [-0.2, 0) is 0 Å². The summed E-state index contributed by atoms with van der Waals surface area (Å²) in [6.45, 7) is 7.04. The molecule has 0 bridgehead atoms. The molecule has 0 atom stereocenters. The van der Waals surface area contributed by atoms with E-state index in [0.717, 1.165) is 56.8 Å².